The fraction of sp³-hybridized carbons (Fsp3) is 0.368. The van der Waals surface area contributed by atoms with Crippen LogP contribution in [0.15, 0.2) is 42.5 Å². The van der Waals surface area contributed by atoms with Gasteiger partial charge in [0.05, 0.1) is 18.7 Å². The van der Waals surface area contributed by atoms with Crippen LogP contribution in [0.25, 0.3) is 0 Å². The van der Waals surface area contributed by atoms with Crippen molar-refractivity contribution in [2.75, 3.05) is 7.11 Å². The van der Waals surface area contributed by atoms with Gasteiger partial charge in [-0.1, -0.05) is 18.2 Å². The maximum absolute atomic E-state index is 12.5. The molecule has 0 saturated heterocycles. The van der Waals surface area contributed by atoms with Crippen molar-refractivity contribution in [3.05, 3.63) is 59.2 Å². The Morgan fingerprint density at radius 2 is 1.72 bits per heavy atom. The normalized spacial score (nSPS) is 12.8. The lowest BCUT2D eigenvalue weighted by molar-refractivity contribution is -0.701. The highest BCUT2D eigenvalue weighted by Gasteiger charge is 2.29. The first kappa shape index (κ1) is 19.1. The number of nitrogens with two attached hydrogens (primary N) is 1. The first-order valence-corrected chi connectivity index (χ1v) is 8.15. The molecule has 2 aromatic carbocycles. The highest BCUT2D eigenvalue weighted by molar-refractivity contribution is 5.41. The average Bonchev–Trinajstić information content (AvgIpc) is 2.58. The molecule has 0 spiro atoms. The highest BCUT2D eigenvalue weighted by Crippen LogP contribution is 2.29. The van der Waals surface area contributed by atoms with Crippen molar-refractivity contribution in [1.82, 2.24) is 0 Å². The predicted molar refractivity (Wildman–Crippen MR) is 89.5 cm³/mol. The van der Waals surface area contributed by atoms with Crippen molar-refractivity contribution >= 4 is 0 Å². The number of alkyl halides is 3. The number of phenols is 1. The number of quaternary nitrogens is 1. The summed E-state index contributed by atoms with van der Waals surface area (Å²) >= 11 is 0. The Morgan fingerprint density at radius 1 is 1.08 bits per heavy atom. The van der Waals surface area contributed by atoms with Gasteiger partial charge < -0.3 is 15.2 Å². The molecule has 0 amide bonds. The monoisotopic (exact) mass is 354 g/mol. The van der Waals surface area contributed by atoms with Crippen molar-refractivity contribution in [2.24, 2.45) is 0 Å². The van der Waals surface area contributed by atoms with Gasteiger partial charge in [0, 0.05) is 12.0 Å². The van der Waals surface area contributed by atoms with E-state index < -0.39 is 11.7 Å². The molecular formula is C19H23F3NO2+. The third-order valence-electron chi connectivity index (χ3n) is 4.17. The van der Waals surface area contributed by atoms with Gasteiger partial charge in [-0.3, -0.25) is 0 Å². The molecule has 3 nitrogen and oxygen atoms in total. The van der Waals surface area contributed by atoms with E-state index in [1.165, 1.54) is 19.2 Å². The molecule has 2 aromatic rings. The Morgan fingerprint density at radius 3 is 2.32 bits per heavy atom. The number of hydrogen-bond donors (Lipinski definition) is 2. The van der Waals surface area contributed by atoms with Crippen molar-refractivity contribution in [3.63, 3.8) is 0 Å². The van der Waals surface area contributed by atoms with E-state index in [4.69, 9.17) is 4.74 Å². The fourth-order valence-electron chi connectivity index (χ4n) is 2.56. The molecular weight excluding hydrogens is 331 g/mol. The molecule has 0 heterocycles. The minimum Gasteiger partial charge on any atom is -0.504 e. The number of rotatable bonds is 7. The van der Waals surface area contributed by atoms with Gasteiger partial charge >= 0.3 is 6.18 Å². The zero-order valence-electron chi connectivity index (χ0n) is 14.3. The van der Waals surface area contributed by atoms with Crippen LogP contribution in [0.2, 0.25) is 0 Å². The summed E-state index contributed by atoms with van der Waals surface area (Å²) in [6, 6.07) is 10.9. The van der Waals surface area contributed by atoms with Crippen LogP contribution in [0.5, 0.6) is 11.5 Å². The minimum atomic E-state index is -4.29. The number of aryl methyl sites for hydroxylation is 1. The van der Waals surface area contributed by atoms with Crippen LogP contribution < -0.4 is 10.1 Å². The molecule has 0 fully saturated rings. The molecule has 0 radical (unpaired) electrons. The molecule has 0 aliphatic heterocycles. The first-order valence-electron chi connectivity index (χ1n) is 8.15. The van der Waals surface area contributed by atoms with E-state index >= 15 is 0 Å². The summed E-state index contributed by atoms with van der Waals surface area (Å²) in [6.45, 7) is 2.72. The van der Waals surface area contributed by atoms with Gasteiger partial charge in [-0.05, 0) is 43.2 Å². The molecule has 0 aliphatic rings. The fourth-order valence-corrected chi connectivity index (χ4v) is 2.56. The van der Waals surface area contributed by atoms with Crippen molar-refractivity contribution < 1.29 is 28.3 Å². The third-order valence-corrected chi connectivity index (χ3v) is 4.17. The topological polar surface area (TPSA) is 46.1 Å². The molecule has 6 heteroatoms. The molecule has 0 aliphatic carbocycles. The van der Waals surface area contributed by atoms with E-state index in [1.54, 1.807) is 6.07 Å². The van der Waals surface area contributed by atoms with Crippen LogP contribution in [-0.2, 0) is 19.1 Å². The number of methoxy groups -OCH3 is 1. The second-order valence-corrected chi connectivity index (χ2v) is 6.16. The van der Waals surface area contributed by atoms with Crippen LogP contribution in [0.1, 0.15) is 30.0 Å². The van der Waals surface area contributed by atoms with Gasteiger partial charge in [-0.15, -0.1) is 0 Å². The van der Waals surface area contributed by atoms with E-state index in [-0.39, 0.29) is 5.75 Å². The standard InChI is InChI=1S/C19H22F3NO2/c1-13(3-4-14-7-10-17(24)18(11-14)25-2)23-12-15-5-8-16(9-6-15)19(20,21)22/h5-11,13,23-24H,3-4,12H2,1-2H3/p+1/t13-/m1/s1. The highest BCUT2D eigenvalue weighted by atomic mass is 19.4. The molecule has 0 aromatic heterocycles. The number of benzene rings is 2. The molecule has 2 rings (SSSR count). The second kappa shape index (κ2) is 8.25. The minimum absolute atomic E-state index is 0.119. The summed E-state index contributed by atoms with van der Waals surface area (Å²) < 4.78 is 42.7. The molecule has 1 atom stereocenters. The van der Waals surface area contributed by atoms with Crippen LogP contribution in [0, 0.1) is 0 Å². The lowest BCUT2D eigenvalue weighted by atomic mass is 10.0. The Bertz CT molecular complexity index is 684. The molecule has 25 heavy (non-hydrogen) atoms. The lowest BCUT2D eigenvalue weighted by Gasteiger charge is -2.12. The van der Waals surface area contributed by atoms with E-state index in [1.807, 2.05) is 12.1 Å². The van der Waals surface area contributed by atoms with Gasteiger partial charge in [-0.2, -0.15) is 13.2 Å². The van der Waals surface area contributed by atoms with Crippen molar-refractivity contribution in [2.45, 2.75) is 38.5 Å². The number of phenolic OH excluding ortho intramolecular Hbond substituents is 1. The summed E-state index contributed by atoms with van der Waals surface area (Å²) in [7, 11) is 1.51. The maximum atomic E-state index is 12.5. The maximum Gasteiger partial charge on any atom is 0.416 e. The largest absolute Gasteiger partial charge is 0.504 e. The SMILES string of the molecule is COc1cc(CC[C@@H](C)[NH2+]Cc2ccc(C(F)(F)F)cc2)ccc1O. The zero-order valence-corrected chi connectivity index (χ0v) is 14.3. The van der Waals surface area contributed by atoms with Crippen LogP contribution in [0.3, 0.4) is 0 Å². The van der Waals surface area contributed by atoms with Gasteiger partial charge in [0.1, 0.15) is 6.54 Å². The van der Waals surface area contributed by atoms with E-state index in [9.17, 15) is 18.3 Å². The number of ether oxygens (including phenoxy) is 1. The van der Waals surface area contributed by atoms with Gasteiger partial charge in [0.15, 0.2) is 11.5 Å². The smallest absolute Gasteiger partial charge is 0.416 e. The zero-order chi connectivity index (χ0) is 18.4. The Labute approximate surface area is 145 Å². The van der Waals surface area contributed by atoms with Crippen molar-refractivity contribution in [3.8, 4) is 11.5 Å². The number of halogens is 3. The van der Waals surface area contributed by atoms with E-state index in [0.717, 1.165) is 36.1 Å². The van der Waals surface area contributed by atoms with E-state index in [2.05, 4.69) is 12.2 Å². The van der Waals surface area contributed by atoms with E-state index in [0.29, 0.717) is 18.3 Å². The summed E-state index contributed by atoms with van der Waals surface area (Å²) in [4.78, 5) is 0. The van der Waals surface area contributed by atoms with Gasteiger partial charge in [0.25, 0.3) is 0 Å². The quantitative estimate of drug-likeness (QED) is 0.799. The summed E-state index contributed by atoms with van der Waals surface area (Å²) in [5.74, 6) is 0.576. The molecule has 136 valence electrons. The Kier molecular flexibility index (Phi) is 6.31. The van der Waals surface area contributed by atoms with Crippen LogP contribution in [-0.4, -0.2) is 18.3 Å². The van der Waals surface area contributed by atoms with Gasteiger partial charge in [0.2, 0.25) is 0 Å². The summed E-state index contributed by atoms with van der Waals surface area (Å²) in [5.41, 5.74) is 1.32. The second-order valence-electron chi connectivity index (χ2n) is 6.16. The molecule has 3 N–H and O–H groups in total. The molecule has 0 unspecified atom stereocenters. The summed E-state index contributed by atoms with van der Waals surface area (Å²) in [6.07, 6.45) is -2.55. The average molecular weight is 354 g/mol. The number of aromatic hydroxyl groups is 1. The number of hydrogen-bond acceptors (Lipinski definition) is 2. The van der Waals surface area contributed by atoms with Crippen LogP contribution >= 0.6 is 0 Å². The van der Waals surface area contributed by atoms with Crippen molar-refractivity contribution in [1.29, 1.82) is 0 Å². The molecule has 0 bridgehead atoms. The summed E-state index contributed by atoms with van der Waals surface area (Å²) in [5, 5.41) is 11.7. The lowest BCUT2D eigenvalue weighted by Crippen LogP contribution is -2.87. The Balaban J connectivity index is 1.81. The molecule has 0 saturated carbocycles. The Hall–Kier alpha value is -2.21. The first-order chi connectivity index (χ1) is 11.8. The van der Waals surface area contributed by atoms with Crippen LogP contribution in [0.4, 0.5) is 13.2 Å². The predicted octanol–water partition coefficient (Wildman–Crippen LogP) is 3.50. The third kappa shape index (κ3) is 5.67. The van der Waals surface area contributed by atoms with Gasteiger partial charge in [-0.25, -0.2) is 0 Å².